The predicted molar refractivity (Wildman–Crippen MR) is 56.7 cm³/mol. The summed E-state index contributed by atoms with van der Waals surface area (Å²) in [5.41, 5.74) is -0.844. The molecule has 0 radical (unpaired) electrons. The van der Waals surface area contributed by atoms with Gasteiger partial charge in [-0.2, -0.15) is 0 Å². The van der Waals surface area contributed by atoms with Crippen LogP contribution in [0.5, 0.6) is 0 Å². The lowest BCUT2D eigenvalue weighted by Crippen LogP contribution is -2.50. The van der Waals surface area contributed by atoms with Crippen LogP contribution in [-0.4, -0.2) is 29.1 Å². The smallest absolute Gasteiger partial charge is 0.316 e. The third kappa shape index (κ3) is 1.98. The molecule has 0 amide bonds. The fourth-order valence-electron chi connectivity index (χ4n) is 3.08. The summed E-state index contributed by atoms with van der Waals surface area (Å²) >= 11 is 0. The molecule has 0 heterocycles. The molecule has 4 heteroatoms. The first-order chi connectivity index (χ1) is 7.56. The zero-order chi connectivity index (χ0) is 11.8. The molecule has 2 aliphatic rings. The van der Waals surface area contributed by atoms with Crippen molar-refractivity contribution < 1.29 is 19.4 Å². The Labute approximate surface area is 95.0 Å². The minimum absolute atomic E-state index is 0.0148. The van der Waals surface area contributed by atoms with Crippen molar-refractivity contribution in [2.24, 2.45) is 11.8 Å². The summed E-state index contributed by atoms with van der Waals surface area (Å²) in [5.74, 6) is -1.18. The lowest BCUT2D eigenvalue weighted by molar-refractivity contribution is -0.163. The fraction of sp³-hybridized carbons (Fsp3) is 0.833. The van der Waals surface area contributed by atoms with Crippen LogP contribution in [0.25, 0.3) is 0 Å². The standard InChI is InChI=1S/C12H18O4/c1-2-16-11(14)10-8-4-3-5-12(15,6-8)7-9(10)13/h8,10,15H,2-7H2,1H3/t8-,10+,12+/m1/s1. The van der Waals surface area contributed by atoms with Crippen molar-refractivity contribution in [2.45, 2.75) is 44.6 Å². The molecule has 4 nitrogen and oxygen atoms in total. The number of carbonyl (C=O) groups excluding carboxylic acids is 2. The van der Waals surface area contributed by atoms with Gasteiger partial charge in [-0.3, -0.25) is 9.59 Å². The number of esters is 1. The molecule has 2 rings (SSSR count). The van der Waals surface area contributed by atoms with Crippen molar-refractivity contribution in [2.75, 3.05) is 6.61 Å². The van der Waals surface area contributed by atoms with Crippen molar-refractivity contribution in [3.63, 3.8) is 0 Å². The van der Waals surface area contributed by atoms with Gasteiger partial charge in [0.05, 0.1) is 12.2 Å². The summed E-state index contributed by atoms with van der Waals surface area (Å²) in [6.07, 6.45) is 3.11. The Morgan fingerprint density at radius 3 is 3.06 bits per heavy atom. The number of ether oxygens (including phenoxy) is 1. The highest BCUT2D eigenvalue weighted by atomic mass is 16.5. The Hall–Kier alpha value is -0.900. The van der Waals surface area contributed by atoms with Gasteiger partial charge >= 0.3 is 5.97 Å². The first-order valence-corrected chi connectivity index (χ1v) is 5.97. The van der Waals surface area contributed by atoms with Crippen LogP contribution in [0.4, 0.5) is 0 Å². The molecule has 0 saturated heterocycles. The minimum Gasteiger partial charge on any atom is -0.465 e. The Morgan fingerprint density at radius 1 is 1.62 bits per heavy atom. The minimum atomic E-state index is -0.844. The number of Topliss-reactive ketones (excluding diaryl/α,β-unsaturated/α-hetero) is 1. The van der Waals surface area contributed by atoms with E-state index in [1.165, 1.54) is 0 Å². The van der Waals surface area contributed by atoms with Crippen molar-refractivity contribution in [3.8, 4) is 0 Å². The summed E-state index contributed by atoms with van der Waals surface area (Å²) in [4.78, 5) is 23.6. The molecule has 2 fully saturated rings. The Bertz CT molecular complexity index is 312. The van der Waals surface area contributed by atoms with Crippen molar-refractivity contribution in [1.29, 1.82) is 0 Å². The largest absolute Gasteiger partial charge is 0.465 e. The summed E-state index contributed by atoms with van der Waals surface area (Å²) < 4.78 is 4.93. The maximum absolute atomic E-state index is 11.9. The van der Waals surface area contributed by atoms with E-state index < -0.39 is 17.5 Å². The number of aliphatic hydroxyl groups is 1. The number of ketones is 1. The predicted octanol–water partition coefficient (Wildman–Crippen LogP) is 1.06. The molecule has 16 heavy (non-hydrogen) atoms. The Kier molecular flexibility index (Phi) is 3.02. The molecule has 2 saturated carbocycles. The topological polar surface area (TPSA) is 63.6 Å². The highest BCUT2D eigenvalue weighted by Crippen LogP contribution is 2.44. The van der Waals surface area contributed by atoms with E-state index in [1.54, 1.807) is 6.92 Å². The van der Waals surface area contributed by atoms with Gasteiger partial charge in [0.15, 0.2) is 0 Å². The van der Waals surface area contributed by atoms with Gasteiger partial charge in [-0.05, 0) is 32.1 Å². The molecule has 0 aromatic rings. The molecule has 3 atom stereocenters. The van der Waals surface area contributed by atoms with Gasteiger partial charge < -0.3 is 9.84 Å². The number of rotatable bonds is 2. The van der Waals surface area contributed by atoms with Crippen LogP contribution in [0.1, 0.15) is 39.0 Å². The Balaban J connectivity index is 2.14. The first-order valence-electron chi connectivity index (χ1n) is 5.97. The average molecular weight is 226 g/mol. The molecule has 0 aliphatic heterocycles. The molecular formula is C12H18O4. The normalized spacial score (nSPS) is 38.2. The van der Waals surface area contributed by atoms with E-state index in [1.807, 2.05) is 0 Å². The lowest BCUT2D eigenvalue weighted by atomic mass is 9.64. The quantitative estimate of drug-likeness (QED) is 0.565. The van der Waals surface area contributed by atoms with Crippen molar-refractivity contribution >= 4 is 11.8 Å². The zero-order valence-corrected chi connectivity index (χ0v) is 9.57. The molecule has 2 bridgehead atoms. The van der Waals surface area contributed by atoms with Crippen LogP contribution in [0.15, 0.2) is 0 Å². The molecule has 1 N–H and O–H groups in total. The summed E-state index contributed by atoms with van der Waals surface area (Å²) in [5, 5.41) is 10.1. The van der Waals surface area contributed by atoms with Gasteiger partial charge in [0.2, 0.25) is 0 Å². The lowest BCUT2D eigenvalue weighted by Gasteiger charge is -2.43. The van der Waals surface area contributed by atoms with Gasteiger partial charge in [0.25, 0.3) is 0 Å². The third-order valence-corrected chi connectivity index (χ3v) is 3.72. The monoisotopic (exact) mass is 226 g/mol. The van der Waals surface area contributed by atoms with E-state index in [4.69, 9.17) is 4.74 Å². The average Bonchev–Trinajstić information content (AvgIpc) is 2.15. The fourth-order valence-corrected chi connectivity index (χ4v) is 3.08. The van der Waals surface area contributed by atoms with E-state index in [0.717, 1.165) is 12.8 Å². The van der Waals surface area contributed by atoms with Crippen LogP contribution in [0.3, 0.4) is 0 Å². The summed E-state index contributed by atoms with van der Waals surface area (Å²) in [7, 11) is 0. The van der Waals surface area contributed by atoms with Gasteiger partial charge in [-0.1, -0.05) is 6.42 Å². The second-order valence-corrected chi connectivity index (χ2v) is 4.95. The molecule has 0 unspecified atom stereocenters. The maximum Gasteiger partial charge on any atom is 0.316 e. The molecule has 0 aromatic heterocycles. The van der Waals surface area contributed by atoms with Crippen LogP contribution >= 0.6 is 0 Å². The van der Waals surface area contributed by atoms with E-state index in [-0.39, 0.29) is 18.1 Å². The van der Waals surface area contributed by atoms with E-state index in [2.05, 4.69) is 0 Å². The van der Waals surface area contributed by atoms with Crippen molar-refractivity contribution in [3.05, 3.63) is 0 Å². The molecule has 90 valence electrons. The molecule has 0 spiro atoms. The number of hydrogen-bond donors (Lipinski definition) is 1. The molecule has 2 aliphatic carbocycles. The molecular weight excluding hydrogens is 208 g/mol. The summed E-state index contributed by atoms with van der Waals surface area (Å²) in [6, 6.07) is 0. The van der Waals surface area contributed by atoms with Crippen molar-refractivity contribution in [1.82, 2.24) is 0 Å². The van der Waals surface area contributed by atoms with Gasteiger partial charge in [-0.25, -0.2) is 0 Å². The number of hydrogen-bond acceptors (Lipinski definition) is 4. The highest BCUT2D eigenvalue weighted by Gasteiger charge is 2.49. The highest BCUT2D eigenvalue weighted by molar-refractivity contribution is 6.00. The van der Waals surface area contributed by atoms with Crippen LogP contribution in [-0.2, 0) is 14.3 Å². The Morgan fingerprint density at radius 2 is 2.38 bits per heavy atom. The van der Waals surface area contributed by atoms with E-state index >= 15 is 0 Å². The number of fused-ring (bicyclic) bond motifs is 2. The second kappa shape index (κ2) is 4.17. The van der Waals surface area contributed by atoms with Gasteiger partial charge in [0.1, 0.15) is 11.7 Å². The number of carbonyl (C=O) groups is 2. The zero-order valence-electron chi connectivity index (χ0n) is 9.57. The molecule has 0 aromatic carbocycles. The van der Waals surface area contributed by atoms with E-state index in [0.29, 0.717) is 19.4 Å². The van der Waals surface area contributed by atoms with E-state index in [9.17, 15) is 14.7 Å². The summed E-state index contributed by atoms with van der Waals surface area (Å²) in [6.45, 7) is 2.04. The SMILES string of the molecule is CCOC(=O)[C@@H]1C(=O)C[C@]2(O)CCC[C@@H]1C2. The van der Waals surface area contributed by atoms with Gasteiger partial charge in [-0.15, -0.1) is 0 Å². The van der Waals surface area contributed by atoms with Gasteiger partial charge in [0, 0.05) is 6.42 Å². The third-order valence-electron chi connectivity index (χ3n) is 3.72. The first kappa shape index (κ1) is 11.6. The second-order valence-electron chi connectivity index (χ2n) is 4.95. The van der Waals surface area contributed by atoms with Crippen LogP contribution in [0.2, 0.25) is 0 Å². The van der Waals surface area contributed by atoms with Crippen LogP contribution in [0, 0.1) is 11.8 Å². The van der Waals surface area contributed by atoms with Crippen LogP contribution < -0.4 is 0 Å². The maximum atomic E-state index is 11.9.